The van der Waals surface area contributed by atoms with Gasteiger partial charge in [0.25, 0.3) is 5.91 Å². The molecule has 0 aliphatic heterocycles. The van der Waals surface area contributed by atoms with Crippen molar-refractivity contribution in [2.45, 2.75) is 6.92 Å². The van der Waals surface area contributed by atoms with Crippen LogP contribution in [0.4, 0.5) is 0 Å². The first-order valence-electron chi connectivity index (χ1n) is 9.84. The summed E-state index contributed by atoms with van der Waals surface area (Å²) in [6, 6.07) is 24.8. The van der Waals surface area contributed by atoms with Crippen LogP contribution >= 0.6 is 0 Å². The molecule has 6 heteroatoms. The summed E-state index contributed by atoms with van der Waals surface area (Å²) in [6.45, 7) is 1.98. The first-order valence-corrected chi connectivity index (χ1v) is 9.84. The van der Waals surface area contributed by atoms with Crippen molar-refractivity contribution in [1.29, 1.82) is 0 Å². The van der Waals surface area contributed by atoms with Crippen molar-refractivity contribution in [2.75, 3.05) is 7.11 Å². The highest BCUT2D eigenvalue weighted by Gasteiger charge is 2.15. The van der Waals surface area contributed by atoms with Gasteiger partial charge in [0.15, 0.2) is 0 Å². The Morgan fingerprint density at radius 2 is 1.71 bits per heavy atom. The molecule has 4 rings (SSSR count). The molecule has 0 saturated heterocycles. The molecule has 0 atom stereocenters. The predicted molar refractivity (Wildman–Crippen MR) is 122 cm³/mol. The SMILES string of the molecule is COc1ccccc1-c1nn(-c2ccccc2)cc1/C=N\NC(=O)c1ccc(C)cc1. The molecule has 0 fully saturated rings. The van der Waals surface area contributed by atoms with E-state index in [1.807, 2.05) is 79.9 Å². The fraction of sp³-hybridized carbons (Fsp3) is 0.0800. The molecule has 1 amide bonds. The van der Waals surface area contributed by atoms with Crippen LogP contribution < -0.4 is 10.2 Å². The Kier molecular flexibility index (Phi) is 5.89. The van der Waals surface area contributed by atoms with Crippen LogP contribution in [0.1, 0.15) is 21.5 Å². The molecule has 0 aliphatic rings. The number of aromatic nitrogens is 2. The van der Waals surface area contributed by atoms with Crippen molar-refractivity contribution in [3.63, 3.8) is 0 Å². The number of benzene rings is 3. The van der Waals surface area contributed by atoms with Crippen LogP contribution in [-0.2, 0) is 0 Å². The molecule has 0 radical (unpaired) electrons. The number of rotatable bonds is 6. The smallest absolute Gasteiger partial charge is 0.271 e. The lowest BCUT2D eigenvalue weighted by Gasteiger charge is -2.06. The van der Waals surface area contributed by atoms with Gasteiger partial charge in [0.1, 0.15) is 11.4 Å². The summed E-state index contributed by atoms with van der Waals surface area (Å²) in [7, 11) is 1.63. The van der Waals surface area contributed by atoms with E-state index in [0.29, 0.717) is 17.0 Å². The molecule has 0 aliphatic carbocycles. The molecule has 1 N–H and O–H groups in total. The Hall–Kier alpha value is -4.19. The van der Waals surface area contributed by atoms with E-state index in [0.717, 1.165) is 22.4 Å². The van der Waals surface area contributed by atoms with E-state index in [-0.39, 0.29) is 5.91 Å². The molecular weight excluding hydrogens is 388 g/mol. The van der Waals surface area contributed by atoms with Crippen LogP contribution in [0.3, 0.4) is 0 Å². The average Bonchev–Trinajstić information content (AvgIpc) is 3.24. The third kappa shape index (κ3) is 4.53. The highest BCUT2D eigenvalue weighted by atomic mass is 16.5. The number of carbonyl (C=O) groups is 1. The van der Waals surface area contributed by atoms with Gasteiger partial charge < -0.3 is 4.74 Å². The fourth-order valence-electron chi connectivity index (χ4n) is 3.17. The summed E-state index contributed by atoms with van der Waals surface area (Å²) >= 11 is 0. The number of hydrogen-bond acceptors (Lipinski definition) is 4. The minimum atomic E-state index is -0.273. The van der Waals surface area contributed by atoms with Crippen LogP contribution in [-0.4, -0.2) is 29.0 Å². The number of hydrogen-bond donors (Lipinski definition) is 1. The van der Waals surface area contributed by atoms with Crippen LogP contribution in [0.2, 0.25) is 0 Å². The van der Waals surface area contributed by atoms with Gasteiger partial charge >= 0.3 is 0 Å². The topological polar surface area (TPSA) is 68.5 Å². The van der Waals surface area contributed by atoms with Gasteiger partial charge in [-0.3, -0.25) is 4.79 Å². The maximum Gasteiger partial charge on any atom is 0.271 e. The zero-order chi connectivity index (χ0) is 21.6. The zero-order valence-electron chi connectivity index (χ0n) is 17.3. The normalized spacial score (nSPS) is 10.9. The molecule has 31 heavy (non-hydrogen) atoms. The monoisotopic (exact) mass is 410 g/mol. The number of aryl methyl sites for hydroxylation is 1. The minimum absolute atomic E-state index is 0.273. The van der Waals surface area contributed by atoms with Crippen LogP contribution in [0, 0.1) is 6.92 Å². The van der Waals surface area contributed by atoms with Gasteiger partial charge in [0.2, 0.25) is 0 Å². The first-order chi connectivity index (χ1) is 15.2. The largest absolute Gasteiger partial charge is 0.496 e. The zero-order valence-corrected chi connectivity index (χ0v) is 17.3. The number of carbonyl (C=O) groups excluding carboxylic acids is 1. The van der Waals surface area contributed by atoms with Gasteiger partial charge in [-0.2, -0.15) is 10.2 Å². The van der Waals surface area contributed by atoms with E-state index in [4.69, 9.17) is 9.84 Å². The van der Waals surface area contributed by atoms with E-state index in [2.05, 4.69) is 10.5 Å². The summed E-state index contributed by atoms with van der Waals surface area (Å²) in [5.41, 5.74) is 7.44. The van der Waals surface area contributed by atoms with Crippen molar-refractivity contribution >= 4 is 12.1 Å². The minimum Gasteiger partial charge on any atom is -0.496 e. The van der Waals surface area contributed by atoms with Gasteiger partial charge in [-0.1, -0.05) is 48.0 Å². The molecule has 0 saturated carbocycles. The number of hydrazone groups is 1. The molecule has 4 aromatic rings. The molecular formula is C25H22N4O2. The molecule has 3 aromatic carbocycles. The predicted octanol–water partition coefficient (Wildman–Crippen LogP) is 4.62. The average molecular weight is 410 g/mol. The lowest BCUT2D eigenvalue weighted by molar-refractivity contribution is 0.0955. The van der Waals surface area contributed by atoms with E-state index >= 15 is 0 Å². The van der Waals surface area contributed by atoms with Crippen molar-refractivity contribution < 1.29 is 9.53 Å². The highest BCUT2D eigenvalue weighted by molar-refractivity contribution is 5.96. The maximum absolute atomic E-state index is 12.4. The lowest BCUT2D eigenvalue weighted by Crippen LogP contribution is -2.17. The number of ether oxygens (including phenoxy) is 1. The van der Waals surface area contributed by atoms with Gasteiger partial charge in [-0.25, -0.2) is 10.1 Å². The number of amides is 1. The van der Waals surface area contributed by atoms with Gasteiger partial charge in [-0.05, 0) is 43.3 Å². The standard InChI is InChI=1S/C25H22N4O2/c1-18-12-14-19(15-13-18)25(30)27-26-16-20-17-29(21-8-4-3-5-9-21)28-24(20)22-10-6-7-11-23(22)31-2/h3-17H,1-2H3,(H,27,30)/b26-16-. The van der Waals surface area contributed by atoms with E-state index in [1.54, 1.807) is 30.1 Å². The summed E-state index contributed by atoms with van der Waals surface area (Å²) in [6.07, 6.45) is 3.47. The molecule has 1 aromatic heterocycles. The maximum atomic E-state index is 12.4. The molecule has 154 valence electrons. The second kappa shape index (κ2) is 9.09. The number of nitrogens with one attached hydrogen (secondary N) is 1. The number of methoxy groups -OCH3 is 1. The van der Waals surface area contributed by atoms with E-state index in [1.165, 1.54) is 0 Å². The Bertz CT molecular complexity index is 1210. The summed E-state index contributed by atoms with van der Waals surface area (Å²) in [4.78, 5) is 12.4. The highest BCUT2D eigenvalue weighted by Crippen LogP contribution is 2.31. The Morgan fingerprint density at radius 3 is 2.45 bits per heavy atom. The van der Waals surface area contributed by atoms with Gasteiger partial charge in [0.05, 0.1) is 19.0 Å². The van der Waals surface area contributed by atoms with Crippen LogP contribution in [0.25, 0.3) is 16.9 Å². The number of nitrogens with zero attached hydrogens (tertiary/aromatic N) is 3. The summed E-state index contributed by atoms with van der Waals surface area (Å²) in [5, 5.41) is 8.93. The Morgan fingerprint density at radius 1 is 1.00 bits per heavy atom. The summed E-state index contributed by atoms with van der Waals surface area (Å²) < 4.78 is 7.30. The second-order valence-corrected chi connectivity index (χ2v) is 6.98. The Balaban J connectivity index is 1.67. The molecule has 6 nitrogen and oxygen atoms in total. The fourth-order valence-corrected chi connectivity index (χ4v) is 3.17. The van der Waals surface area contributed by atoms with Crippen molar-refractivity contribution in [3.8, 4) is 22.7 Å². The lowest BCUT2D eigenvalue weighted by atomic mass is 10.1. The molecule has 0 bridgehead atoms. The van der Waals surface area contributed by atoms with E-state index < -0.39 is 0 Å². The van der Waals surface area contributed by atoms with Gasteiger partial charge in [0, 0.05) is 22.9 Å². The van der Waals surface area contributed by atoms with E-state index in [9.17, 15) is 4.79 Å². The summed E-state index contributed by atoms with van der Waals surface area (Å²) in [5.74, 6) is 0.435. The molecule has 0 unspecified atom stereocenters. The third-order valence-electron chi connectivity index (χ3n) is 4.81. The number of para-hydroxylation sites is 2. The van der Waals surface area contributed by atoms with Crippen LogP contribution in [0.5, 0.6) is 5.75 Å². The molecule has 1 heterocycles. The quantitative estimate of drug-likeness (QED) is 0.372. The molecule has 0 spiro atoms. The van der Waals surface area contributed by atoms with Gasteiger partial charge in [-0.15, -0.1) is 0 Å². The van der Waals surface area contributed by atoms with Crippen LogP contribution in [0.15, 0.2) is 90.2 Å². The second-order valence-electron chi connectivity index (χ2n) is 6.98. The third-order valence-corrected chi connectivity index (χ3v) is 4.81. The van der Waals surface area contributed by atoms with Crippen molar-refractivity contribution in [1.82, 2.24) is 15.2 Å². The first kappa shape index (κ1) is 20.1. The Labute approximate surface area is 180 Å². The van der Waals surface area contributed by atoms with Crippen molar-refractivity contribution in [2.24, 2.45) is 5.10 Å². The van der Waals surface area contributed by atoms with Crippen molar-refractivity contribution in [3.05, 3.63) is 102 Å².